The van der Waals surface area contributed by atoms with Gasteiger partial charge in [0, 0.05) is 35.4 Å². The summed E-state index contributed by atoms with van der Waals surface area (Å²) in [6, 6.07) is 15.1. The van der Waals surface area contributed by atoms with Crippen LogP contribution in [0, 0.1) is 0 Å². The number of aromatic amines is 1. The molecule has 1 atom stereocenters. The minimum absolute atomic E-state index is 0.157. The summed E-state index contributed by atoms with van der Waals surface area (Å²) in [5.41, 5.74) is 3.81. The Kier molecular flexibility index (Phi) is 5.90. The minimum Gasteiger partial charge on any atom is -0.496 e. The molecule has 7 nitrogen and oxygen atoms in total. The van der Waals surface area contributed by atoms with Gasteiger partial charge in [0.1, 0.15) is 11.4 Å². The number of benzene rings is 2. The molecular weight excluding hydrogens is 450 g/mol. The number of aromatic nitrogens is 2. The highest BCUT2D eigenvalue weighted by atomic mass is 79.9. The summed E-state index contributed by atoms with van der Waals surface area (Å²) >= 11 is 3.47. The number of amides is 1. The second-order valence-electron chi connectivity index (χ2n) is 6.87. The van der Waals surface area contributed by atoms with Crippen LogP contribution in [0.3, 0.4) is 0 Å². The van der Waals surface area contributed by atoms with Crippen molar-refractivity contribution in [3.63, 3.8) is 0 Å². The molecule has 0 aliphatic carbocycles. The van der Waals surface area contributed by atoms with E-state index in [1.54, 1.807) is 26.2 Å². The number of nitrogens with zero attached hydrogens (tertiary/aromatic N) is 2. The smallest absolute Gasteiger partial charge is 0.273 e. The van der Waals surface area contributed by atoms with Crippen LogP contribution in [0.1, 0.15) is 27.7 Å². The van der Waals surface area contributed by atoms with Crippen LogP contribution in [0.2, 0.25) is 0 Å². The fraction of sp³-hybridized carbons (Fsp3) is 0.273. The lowest BCUT2D eigenvalue weighted by atomic mass is 9.95. The van der Waals surface area contributed by atoms with Gasteiger partial charge in [-0.25, -0.2) is 0 Å². The zero-order valence-corrected chi connectivity index (χ0v) is 18.5. The normalized spacial score (nSPS) is 15.7. The van der Waals surface area contributed by atoms with Crippen LogP contribution >= 0.6 is 15.9 Å². The van der Waals surface area contributed by atoms with E-state index in [9.17, 15) is 4.79 Å². The van der Waals surface area contributed by atoms with Gasteiger partial charge in [0.2, 0.25) is 0 Å². The number of fused-ring (bicyclic) bond motifs is 1. The fourth-order valence-electron chi connectivity index (χ4n) is 3.83. The highest BCUT2D eigenvalue weighted by Crippen LogP contribution is 2.45. The molecule has 2 heterocycles. The van der Waals surface area contributed by atoms with Gasteiger partial charge >= 0.3 is 0 Å². The number of ether oxygens (including phenoxy) is 3. The van der Waals surface area contributed by atoms with Gasteiger partial charge in [0.05, 0.1) is 25.4 Å². The summed E-state index contributed by atoms with van der Waals surface area (Å²) in [4.78, 5) is 15.1. The van der Waals surface area contributed by atoms with E-state index < -0.39 is 12.3 Å². The Morgan fingerprint density at radius 2 is 1.80 bits per heavy atom. The van der Waals surface area contributed by atoms with Crippen LogP contribution in [0.25, 0.3) is 11.3 Å². The van der Waals surface area contributed by atoms with Crippen LogP contribution in [0.5, 0.6) is 5.75 Å². The van der Waals surface area contributed by atoms with E-state index in [1.807, 2.05) is 48.5 Å². The number of carbonyl (C=O) groups excluding carboxylic acids is 1. The van der Waals surface area contributed by atoms with Gasteiger partial charge in [-0.1, -0.05) is 46.3 Å². The molecule has 3 aromatic rings. The largest absolute Gasteiger partial charge is 0.496 e. The maximum Gasteiger partial charge on any atom is 0.273 e. The molecule has 30 heavy (non-hydrogen) atoms. The summed E-state index contributed by atoms with van der Waals surface area (Å²) in [6.45, 7) is 0.261. The molecule has 0 spiro atoms. The summed E-state index contributed by atoms with van der Waals surface area (Å²) in [7, 11) is 4.74. The van der Waals surface area contributed by atoms with Crippen molar-refractivity contribution < 1.29 is 19.0 Å². The van der Waals surface area contributed by atoms with Crippen LogP contribution in [-0.4, -0.2) is 55.2 Å². The predicted octanol–water partition coefficient (Wildman–Crippen LogP) is 4.01. The third-order valence-electron chi connectivity index (χ3n) is 5.29. The zero-order chi connectivity index (χ0) is 21.3. The molecule has 8 heteroatoms. The van der Waals surface area contributed by atoms with E-state index in [2.05, 4.69) is 26.1 Å². The SMILES string of the molecule is COc1ccccc1C1c2c(-c3ccc(Br)cc3)n[nH]c2C(=O)N1CC(OC)OC. The maximum atomic E-state index is 13.3. The maximum absolute atomic E-state index is 13.3. The van der Waals surface area contributed by atoms with Crippen molar-refractivity contribution in [2.45, 2.75) is 12.3 Å². The van der Waals surface area contributed by atoms with Gasteiger partial charge < -0.3 is 19.1 Å². The van der Waals surface area contributed by atoms with Crippen molar-refractivity contribution in [1.29, 1.82) is 0 Å². The van der Waals surface area contributed by atoms with E-state index >= 15 is 0 Å². The second kappa shape index (κ2) is 8.59. The number of nitrogens with one attached hydrogen (secondary N) is 1. The van der Waals surface area contributed by atoms with E-state index in [1.165, 1.54) is 0 Å². The van der Waals surface area contributed by atoms with Crippen LogP contribution in [-0.2, 0) is 9.47 Å². The second-order valence-corrected chi connectivity index (χ2v) is 7.79. The molecule has 0 bridgehead atoms. The van der Waals surface area contributed by atoms with Crippen molar-refractivity contribution in [3.8, 4) is 17.0 Å². The molecule has 1 unspecified atom stereocenters. The molecule has 4 rings (SSSR count). The molecule has 1 amide bonds. The average Bonchev–Trinajstić information content (AvgIpc) is 3.31. The highest BCUT2D eigenvalue weighted by molar-refractivity contribution is 9.10. The van der Waals surface area contributed by atoms with Crippen LogP contribution in [0.15, 0.2) is 53.0 Å². The zero-order valence-electron chi connectivity index (χ0n) is 16.9. The number of halogens is 1. The molecule has 2 aromatic carbocycles. The first-order chi connectivity index (χ1) is 14.6. The lowest BCUT2D eigenvalue weighted by molar-refractivity contribution is -0.113. The summed E-state index contributed by atoms with van der Waals surface area (Å²) in [5.74, 6) is 0.540. The Morgan fingerprint density at radius 1 is 1.10 bits per heavy atom. The molecule has 1 aromatic heterocycles. The number of rotatable bonds is 7. The van der Waals surface area contributed by atoms with Gasteiger partial charge in [0.15, 0.2) is 6.29 Å². The molecule has 156 valence electrons. The first kappa shape index (κ1) is 20.6. The number of methoxy groups -OCH3 is 3. The van der Waals surface area contributed by atoms with Gasteiger partial charge in [0.25, 0.3) is 5.91 Å². The summed E-state index contributed by atoms with van der Waals surface area (Å²) in [5, 5.41) is 7.43. The van der Waals surface area contributed by atoms with Crippen LogP contribution < -0.4 is 4.74 Å². The third-order valence-corrected chi connectivity index (χ3v) is 5.82. The van der Waals surface area contributed by atoms with Gasteiger partial charge in [-0.3, -0.25) is 9.89 Å². The fourth-order valence-corrected chi connectivity index (χ4v) is 4.10. The first-order valence-corrected chi connectivity index (χ1v) is 10.2. The van der Waals surface area contributed by atoms with Gasteiger partial charge in [-0.15, -0.1) is 0 Å². The molecular formula is C22H22BrN3O4. The molecule has 0 saturated carbocycles. The van der Waals surface area contributed by atoms with E-state index in [0.29, 0.717) is 11.4 Å². The first-order valence-electron chi connectivity index (χ1n) is 9.42. The van der Waals surface area contributed by atoms with Crippen molar-refractivity contribution >= 4 is 21.8 Å². The number of para-hydroxylation sites is 1. The Morgan fingerprint density at radius 3 is 2.47 bits per heavy atom. The van der Waals surface area contributed by atoms with Gasteiger partial charge in [-0.2, -0.15) is 5.10 Å². The number of H-pyrrole nitrogens is 1. The van der Waals surface area contributed by atoms with Gasteiger partial charge in [-0.05, 0) is 18.2 Å². The quantitative estimate of drug-likeness (QED) is 0.526. The number of hydrogen-bond donors (Lipinski definition) is 1. The highest BCUT2D eigenvalue weighted by Gasteiger charge is 2.44. The van der Waals surface area contributed by atoms with E-state index in [-0.39, 0.29) is 12.5 Å². The Labute approximate surface area is 183 Å². The van der Waals surface area contributed by atoms with Crippen LogP contribution in [0.4, 0.5) is 0 Å². The van der Waals surface area contributed by atoms with Crippen molar-refractivity contribution in [2.24, 2.45) is 0 Å². The molecule has 1 aliphatic heterocycles. The van der Waals surface area contributed by atoms with Crippen molar-refractivity contribution in [3.05, 3.63) is 69.8 Å². The summed E-state index contributed by atoms with van der Waals surface area (Å²) in [6.07, 6.45) is -0.556. The Hall–Kier alpha value is -2.68. The molecule has 0 radical (unpaired) electrons. The molecule has 1 N–H and O–H groups in total. The number of hydrogen-bond acceptors (Lipinski definition) is 5. The Bertz CT molecular complexity index is 1050. The molecule has 0 fully saturated rings. The average molecular weight is 472 g/mol. The molecule has 0 saturated heterocycles. The van der Waals surface area contributed by atoms with Crippen molar-refractivity contribution in [2.75, 3.05) is 27.9 Å². The number of carbonyl (C=O) groups is 1. The third kappa shape index (κ3) is 3.51. The monoisotopic (exact) mass is 471 g/mol. The van der Waals surface area contributed by atoms with E-state index in [0.717, 1.165) is 26.9 Å². The van der Waals surface area contributed by atoms with E-state index in [4.69, 9.17) is 14.2 Å². The topological polar surface area (TPSA) is 76.7 Å². The standard InChI is InChI=1S/C22H22BrN3O4/c1-28-16-7-5-4-6-15(16)21-18-19(13-8-10-14(23)11-9-13)24-25-20(18)22(27)26(21)12-17(29-2)30-3/h4-11,17,21H,12H2,1-3H3,(H,24,25). The lowest BCUT2D eigenvalue weighted by Gasteiger charge is -2.29. The van der Waals surface area contributed by atoms with Crippen molar-refractivity contribution in [1.82, 2.24) is 15.1 Å². The minimum atomic E-state index is -0.556. The Balaban J connectivity index is 1.88. The lowest BCUT2D eigenvalue weighted by Crippen LogP contribution is -2.38. The summed E-state index contributed by atoms with van der Waals surface area (Å²) < 4.78 is 17.3. The molecule has 1 aliphatic rings. The predicted molar refractivity (Wildman–Crippen MR) is 115 cm³/mol.